The maximum atomic E-state index is 4.14. The summed E-state index contributed by atoms with van der Waals surface area (Å²) in [6.07, 6.45) is 3.53. The lowest BCUT2D eigenvalue weighted by atomic mass is 10.2. The summed E-state index contributed by atoms with van der Waals surface area (Å²) in [5.41, 5.74) is 0. The predicted octanol–water partition coefficient (Wildman–Crippen LogP) is 3.24. The molecule has 4 nitrogen and oxygen atoms in total. The Kier molecular flexibility index (Phi) is 4.57. The number of aromatic nitrogens is 3. The normalized spacial score (nSPS) is 11.2. The van der Waals surface area contributed by atoms with Crippen molar-refractivity contribution in [2.75, 3.05) is 6.54 Å². The fourth-order valence-corrected chi connectivity index (χ4v) is 3.82. The average Bonchev–Trinajstić information content (AvgIpc) is 3.22. The molecule has 0 saturated carbocycles. The summed E-state index contributed by atoms with van der Waals surface area (Å²) >= 11 is 3.60. The molecule has 2 N–H and O–H groups in total. The standard InChI is InChI=1S/C14H16N4S2/c1(6-13-16-10-17-18-13)7-15-14(11-4-2-8-19-11)12-5-3-9-20-12/h2-5,8-10,14-15H,1,6-7H2,(H,16,17,18). The largest absolute Gasteiger partial charge is 0.305 e. The van der Waals surface area contributed by atoms with Gasteiger partial charge in [-0.15, -0.1) is 22.7 Å². The second-order valence-corrected chi connectivity index (χ2v) is 6.41. The first-order valence-electron chi connectivity index (χ1n) is 6.58. The zero-order valence-corrected chi connectivity index (χ0v) is 12.6. The molecule has 3 aromatic rings. The summed E-state index contributed by atoms with van der Waals surface area (Å²) in [5.74, 6) is 0.954. The maximum absolute atomic E-state index is 4.14. The Morgan fingerprint density at radius 2 is 1.90 bits per heavy atom. The molecule has 20 heavy (non-hydrogen) atoms. The van der Waals surface area contributed by atoms with Crippen molar-refractivity contribution >= 4 is 22.7 Å². The molecule has 0 fully saturated rings. The van der Waals surface area contributed by atoms with Crippen molar-refractivity contribution < 1.29 is 0 Å². The molecular formula is C14H16N4S2. The minimum atomic E-state index is 0.310. The molecule has 0 aromatic carbocycles. The Morgan fingerprint density at radius 3 is 2.45 bits per heavy atom. The van der Waals surface area contributed by atoms with E-state index in [-0.39, 0.29) is 0 Å². The maximum Gasteiger partial charge on any atom is 0.137 e. The van der Waals surface area contributed by atoms with Crippen LogP contribution in [-0.2, 0) is 6.42 Å². The lowest BCUT2D eigenvalue weighted by molar-refractivity contribution is 0.590. The second-order valence-electron chi connectivity index (χ2n) is 4.45. The zero-order chi connectivity index (χ0) is 13.6. The number of thiophene rings is 2. The van der Waals surface area contributed by atoms with E-state index in [1.807, 2.05) is 0 Å². The highest BCUT2D eigenvalue weighted by Crippen LogP contribution is 2.28. The average molecular weight is 304 g/mol. The minimum absolute atomic E-state index is 0.310. The van der Waals surface area contributed by atoms with E-state index < -0.39 is 0 Å². The number of aryl methyl sites for hydroxylation is 1. The lowest BCUT2D eigenvalue weighted by Gasteiger charge is -2.15. The van der Waals surface area contributed by atoms with Crippen LogP contribution in [0.3, 0.4) is 0 Å². The van der Waals surface area contributed by atoms with Gasteiger partial charge in [-0.05, 0) is 35.9 Å². The predicted molar refractivity (Wildman–Crippen MR) is 83.2 cm³/mol. The van der Waals surface area contributed by atoms with Crippen molar-refractivity contribution in [3.8, 4) is 0 Å². The molecule has 0 atom stereocenters. The number of nitrogens with zero attached hydrogens (tertiary/aromatic N) is 2. The first-order chi connectivity index (χ1) is 9.93. The van der Waals surface area contributed by atoms with Crippen LogP contribution in [0.25, 0.3) is 0 Å². The first-order valence-corrected chi connectivity index (χ1v) is 8.34. The van der Waals surface area contributed by atoms with Gasteiger partial charge in [-0.3, -0.25) is 5.10 Å². The van der Waals surface area contributed by atoms with Crippen molar-refractivity contribution in [1.29, 1.82) is 0 Å². The SMILES string of the molecule is c1csc(C(NCCCc2ncn[nH]2)c2cccs2)c1. The fraction of sp³-hybridized carbons (Fsp3) is 0.286. The summed E-state index contributed by atoms with van der Waals surface area (Å²) < 4.78 is 0. The summed E-state index contributed by atoms with van der Waals surface area (Å²) in [6.45, 7) is 0.959. The van der Waals surface area contributed by atoms with Gasteiger partial charge in [-0.2, -0.15) is 5.10 Å². The smallest absolute Gasteiger partial charge is 0.137 e. The van der Waals surface area contributed by atoms with Crippen molar-refractivity contribution in [3.05, 3.63) is 56.9 Å². The molecule has 0 amide bonds. The molecule has 3 heterocycles. The number of rotatable bonds is 7. The third-order valence-corrected chi connectivity index (χ3v) is 4.93. The van der Waals surface area contributed by atoms with Crippen LogP contribution >= 0.6 is 22.7 Å². The van der Waals surface area contributed by atoms with E-state index in [4.69, 9.17) is 0 Å². The van der Waals surface area contributed by atoms with Gasteiger partial charge in [0.1, 0.15) is 12.2 Å². The van der Waals surface area contributed by atoms with Crippen LogP contribution in [0.1, 0.15) is 28.0 Å². The first kappa shape index (κ1) is 13.5. The van der Waals surface area contributed by atoms with E-state index in [1.54, 1.807) is 29.0 Å². The van der Waals surface area contributed by atoms with Gasteiger partial charge in [0.25, 0.3) is 0 Å². The lowest BCUT2D eigenvalue weighted by Crippen LogP contribution is -2.22. The van der Waals surface area contributed by atoms with Crippen LogP contribution in [0.5, 0.6) is 0 Å². The van der Waals surface area contributed by atoms with E-state index in [0.717, 1.165) is 25.2 Å². The van der Waals surface area contributed by atoms with Crippen LogP contribution in [-0.4, -0.2) is 21.7 Å². The molecule has 104 valence electrons. The molecule has 0 spiro atoms. The van der Waals surface area contributed by atoms with Gasteiger partial charge in [-0.25, -0.2) is 4.98 Å². The van der Waals surface area contributed by atoms with Crippen LogP contribution in [0, 0.1) is 0 Å². The molecule has 3 rings (SSSR count). The van der Waals surface area contributed by atoms with E-state index in [9.17, 15) is 0 Å². The third kappa shape index (κ3) is 3.33. The Bertz CT molecular complexity index is 553. The number of nitrogens with one attached hydrogen (secondary N) is 2. The second kappa shape index (κ2) is 6.78. The number of H-pyrrole nitrogens is 1. The molecule has 0 aliphatic rings. The van der Waals surface area contributed by atoms with Crippen LogP contribution in [0.4, 0.5) is 0 Å². The van der Waals surface area contributed by atoms with Gasteiger partial charge < -0.3 is 5.32 Å². The van der Waals surface area contributed by atoms with E-state index in [2.05, 4.69) is 55.5 Å². The van der Waals surface area contributed by atoms with Crippen LogP contribution < -0.4 is 5.32 Å². The third-order valence-electron chi connectivity index (χ3n) is 3.06. The topological polar surface area (TPSA) is 53.6 Å². The van der Waals surface area contributed by atoms with Gasteiger partial charge in [0, 0.05) is 16.2 Å². The van der Waals surface area contributed by atoms with Crippen molar-refractivity contribution in [2.24, 2.45) is 0 Å². The van der Waals surface area contributed by atoms with E-state index in [1.165, 1.54) is 9.75 Å². The molecule has 0 radical (unpaired) electrons. The highest BCUT2D eigenvalue weighted by molar-refractivity contribution is 7.11. The Hall–Kier alpha value is -1.50. The Morgan fingerprint density at radius 1 is 1.15 bits per heavy atom. The molecular weight excluding hydrogens is 288 g/mol. The molecule has 0 saturated heterocycles. The quantitative estimate of drug-likeness (QED) is 0.659. The number of aromatic amines is 1. The molecule has 0 unspecified atom stereocenters. The molecule has 0 aliphatic heterocycles. The molecule has 6 heteroatoms. The van der Waals surface area contributed by atoms with Gasteiger partial charge in [0.05, 0.1) is 6.04 Å². The molecule has 0 bridgehead atoms. The van der Waals surface area contributed by atoms with Crippen molar-refractivity contribution in [3.63, 3.8) is 0 Å². The summed E-state index contributed by atoms with van der Waals surface area (Å²) in [4.78, 5) is 6.88. The highest BCUT2D eigenvalue weighted by atomic mass is 32.1. The van der Waals surface area contributed by atoms with Crippen LogP contribution in [0.15, 0.2) is 41.4 Å². The van der Waals surface area contributed by atoms with Gasteiger partial charge in [-0.1, -0.05) is 12.1 Å². The van der Waals surface area contributed by atoms with Crippen molar-refractivity contribution in [2.45, 2.75) is 18.9 Å². The Labute approximate surface area is 125 Å². The Balaban J connectivity index is 1.57. The van der Waals surface area contributed by atoms with Crippen molar-refractivity contribution in [1.82, 2.24) is 20.5 Å². The number of hydrogen-bond donors (Lipinski definition) is 2. The molecule has 3 aromatic heterocycles. The van der Waals surface area contributed by atoms with E-state index >= 15 is 0 Å². The summed E-state index contributed by atoms with van der Waals surface area (Å²) in [5, 5.41) is 14.7. The van der Waals surface area contributed by atoms with E-state index in [0.29, 0.717) is 6.04 Å². The zero-order valence-electron chi connectivity index (χ0n) is 11.0. The van der Waals surface area contributed by atoms with Gasteiger partial charge in [0.2, 0.25) is 0 Å². The number of hydrogen-bond acceptors (Lipinski definition) is 5. The monoisotopic (exact) mass is 304 g/mol. The van der Waals surface area contributed by atoms with Crippen LogP contribution in [0.2, 0.25) is 0 Å². The highest BCUT2D eigenvalue weighted by Gasteiger charge is 2.15. The van der Waals surface area contributed by atoms with Gasteiger partial charge >= 0.3 is 0 Å². The minimum Gasteiger partial charge on any atom is -0.305 e. The van der Waals surface area contributed by atoms with Gasteiger partial charge in [0.15, 0.2) is 0 Å². The molecule has 0 aliphatic carbocycles. The summed E-state index contributed by atoms with van der Waals surface area (Å²) in [7, 11) is 0. The fourth-order valence-electron chi connectivity index (χ4n) is 2.11. The summed E-state index contributed by atoms with van der Waals surface area (Å²) in [6, 6.07) is 8.91.